The first-order valence-electron chi connectivity index (χ1n) is 10.3. The van der Waals surface area contributed by atoms with Crippen molar-refractivity contribution in [1.29, 1.82) is 0 Å². The van der Waals surface area contributed by atoms with Crippen LogP contribution in [0, 0.1) is 6.92 Å². The molecule has 2 N–H and O–H groups in total. The average molecular weight is 480 g/mol. The second kappa shape index (κ2) is 11.6. The second-order valence-corrected chi connectivity index (χ2v) is 7.49. The summed E-state index contributed by atoms with van der Waals surface area (Å²) in [7, 11) is 0. The largest absolute Gasteiger partial charge is 0.490 e. The van der Waals surface area contributed by atoms with E-state index >= 15 is 0 Å². The molecule has 0 heterocycles. The molecule has 8 nitrogen and oxygen atoms in total. The van der Waals surface area contributed by atoms with Crippen LogP contribution in [-0.4, -0.2) is 30.6 Å². The van der Waals surface area contributed by atoms with Gasteiger partial charge in [-0.3, -0.25) is 9.59 Å². The van der Waals surface area contributed by atoms with E-state index in [-0.39, 0.29) is 5.75 Å². The molecule has 0 aliphatic rings. The minimum Gasteiger partial charge on any atom is -0.490 e. The molecule has 3 aromatic rings. The Bertz CT molecular complexity index is 1210. The topological polar surface area (TPSA) is 106 Å². The number of halogens is 1. The van der Waals surface area contributed by atoms with Gasteiger partial charge in [-0.15, -0.1) is 0 Å². The summed E-state index contributed by atoms with van der Waals surface area (Å²) in [5.41, 5.74) is 4.59. The molecule has 0 radical (unpaired) electrons. The summed E-state index contributed by atoms with van der Waals surface area (Å²) in [5, 5.41) is 6.80. The van der Waals surface area contributed by atoms with Crippen LogP contribution in [0.4, 0.5) is 5.69 Å². The van der Waals surface area contributed by atoms with Crippen LogP contribution in [0.3, 0.4) is 0 Å². The highest BCUT2D eigenvalue weighted by molar-refractivity contribution is 6.39. The molecule has 0 atom stereocenters. The number of hydrazone groups is 1. The number of benzene rings is 3. The lowest BCUT2D eigenvalue weighted by atomic mass is 10.2. The first kappa shape index (κ1) is 24.5. The molecule has 0 spiro atoms. The van der Waals surface area contributed by atoms with E-state index in [1.165, 1.54) is 6.21 Å². The van der Waals surface area contributed by atoms with Gasteiger partial charge in [0.1, 0.15) is 0 Å². The van der Waals surface area contributed by atoms with Crippen molar-refractivity contribution in [3.63, 3.8) is 0 Å². The van der Waals surface area contributed by atoms with E-state index in [2.05, 4.69) is 15.8 Å². The molecule has 0 aliphatic heterocycles. The molecule has 0 unspecified atom stereocenters. The van der Waals surface area contributed by atoms with Crippen molar-refractivity contribution in [2.24, 2.45) is 5.10 Å². The van der Waals surface area contributed by atoms with Crippen molar-refractivity contribution < 1.29 is 23.9 Å². The Morgan fingerprint density at radius 2 is 1.65 bits per heavy atom. The molecule has 9 heteroatoms. The summed E-state index contributed by atoms with van der Waals surface area (Å²) < 4.78 is 11.0. The molecule has 0 bridgehead atoms. The van der Waals surface area contributed by atoms with Gasteiger partial charge in [0.05, 0.1) is 18.4 Å². The first-order chi connectivity index (χ1) is 16.4. The minimum absolute atomic E-state index is 0.223. The average Bonchev–Trinajstić information content (AvgIpc) is 2.82. The fourth-order valence-corrected chi connectivity index (χ4v) is 2.87. The van der Waals surface area contributed by atoms with Gasteiger partial charge < -0.3 is 14.8 Å². The van der Waals surface area contributed by atoms with E-state index in [1.807, 2.05) is 19.1 Å². The second-order valence-electron chi connectivity index (χ2n) is 7.05. The molecule has 3 aromatic carbocycles. The molecule has 0 saturated heterocycles. The van der Waals surface area contributed by atoms with Gasteiger partial charge >= 0.3 is 17.8 Å². The number of nitrogens with one attached hydrogen (secondary N) is 2. The van der Waals surface area contributed by atoms with Crippen molar-refractivity contribution in [2.45, 2.75) is 13.8 Å². The number of carbonyl (C=O) groups is 3. The quantitative estimate of drug-likeness (QED) is 0.172. The van der Waals surface area contributed by atoms with Crippen LogP contribution in [0.15, 0.2) is 71.8 Å². The third-order valence-electron chi connectivity index (χ3n) is 4.45. The van der Waals surface area contributed by atoms with Crippen LogP contribution in [0.2, 0.25) is 5.02 Å². The number of hydrogen-bond acceptors (Lipinski definition) is 6. The highest BCUT2D eigenvalue weighted by Gasteiger charge is 2.14. The number of hydrogen-bond donors (Lipinski definition) is 2. The van der Waals surface area contributed by atoms with Crippen molar-refractivity contribution >= 4 is 41.3 Å². The molecule has 3 rings (SSSR count). The monoisotopic (exact) mass is 479 g/mol. The predicted octanol–water partition coefficient (Wildman–Crippen LogP) is 4.36. The minimum atomic E-state index is -0.921. The van der Waals surface area contributed by atoms with Crippen molar-refractivity contribution in [3.8, 4) is 11.5 Å². The zero-order valence-corrected chi connectivity index (χ0v) is 19.3. The molecule has 0 fully saturated rings. The van der Waals surface area contributed by atoms with Gasteiger partial charge in [-0.25, -0.2) is 10.2 Å². The zero-order valence-electron chi connectivity index (χ0n) is 18.5. The third kappa shape index (κ3) is 6.91. The summed E-state index contributed by atoms with van der Waals surface area (Å²) in [4.78, 5) is 36.4. The Balaban J connectivity index is 1.62. The predicted molar refractivity (Wildman–Crippen MR) is 130 cm³/mol. The van der Waals surface area contributed by atoms with Gasteiger partial charge in [-0.1, -0.05) is 29.3 Å². The molecule has 0 aliphatic carbocycles. The van der Waals surface area contributed by atoms with E-state index < -0.39 is 17.8 Å². The van der Waals surface area contributed by atoms with Crippen molar-refractivity contribution in [3.05, 3.63) is 88.4 Å². The summed E-state index contributed by atoms with van der Waals surface area (Å²) >= 11 is 5.85. The maximum Gasteiger partial charge on any atom is 0.343 e. The molecule has 0 saturated carbocycles. The Kier molecular flexibility index (Phi) is 8.37. The van der Waals surface area contributed by atoms with Crippen molar-refractivity contribution in [2.75, 3.05) is 11.9 Å². The van der Waals surface area contributed by atoms with Gasteiger partial charge in [0.25, 0.3) is 0 Å². The van der Waals surface area contributed by atoms with Crippen LogP contribution in [0.1, 0.15) is 28.4 Å². The Morgan fingerprint density at radius 1 is 0.941 bits per heavy atom. The highest BCUT2D eigenvalue weighted by Crippen LogP contribution is 2.29. The number of ether oxygens (including phenoxy) is 2. The van der Waals surface area contributed by atoms with E-state index in [0.717, 1.165) is 5.56 Å². The van der Waals surface area contributed by atoms with E-state index in [1.54, 1.807) is 61.5 Å². The highest BCUT2D eigenvalue weighted by atomic mass is 35.5. The Labute approximate surface area is 201 Å². The lowest BCUT2D eigenvalue weighted by Crippen LogP contribution is -2.32. The third-order valence-corrected chi connectivity index (χ3v) is 4.70. The van der Waals surface area contributed by atoms with Crippen LogP contribution < -0.4 is 20.2 Å². The normalized spacial score (nSPS) is 10.6. The smallest absolute Gasteiger partial charge is 0.343 e. The lowest BCUT2D eigenvalue weighted by Gasteiger charge is -2.11. The number of rotatable bonds is 7. The maximum absolute atomic E-state index is 12.4. The SMILES string of the molecule is CCOc1cc(C=NNC(=O)C(=O)Nc2ccc(C)cc2)ccc1OC(=O)c1ccc(Cl)cc1. The van der Waals surface area contributed by atoms with Gasteiger partial charge in [0.2, 0.25) is 0 Å². The molecule has 0 aromatic heterocycles. The molecule has 2 amide bonds. The molecule has 34 heavy (non-hydrogen) atoms. The standard InChI is InChI=1S/C25H22ClN3O5/c1-3-33-22-14-17(6-13-21(22)34-25(32)18-7-9-19(26)10-8-18)15-27-29-24(31)23(30)28-20-11-4-16(2)5-12-20/h4-15H,3H2,1-2H3,(H,28,30)(H,29,31). The first-order valence-corrected chi connectivity index (χ1v) is 10.7. The number of amides is 2. The van der Waals surface area contributed by atoms with E-state index in [0.29, 0.717) is 34.2 Å². The zero-order chi connectivity index (χ0) is 24.5. The van der Waals surface area contributed by atoms with Gasteiger partial charge in [-0.05, 0) is 74.0 Å². The number of aryl methyl sites for hydroxylation is 1. The molecular weight excluding hydrogens is 458 g/mol. The lowest BCUT2D eigenvalue weighted by molar-refractivity contribution is -0.136. The van der Waals surface area contributed by atoms with Gasteiger partial charge in [0, 0.05) is 10.7 Å². The molecule has 174 valence electrons. The fraction of sp³-hybridized carbons (Fsp3) is 0.120. The van der Waals surface area contributed by atoms with Crippen molar-refractivity contribution in [1.82, 2.24) is 5.43 Å². The Hall–Kier alpha value is -4.17. The van der Waals surface area contributed by atoms with Crippen LogP contribution in [-0.2, 0) is 9.59 Å². The van der Waals surface area contributed by atoms with Gasteiger partial charge in [0.15, 0.2) is 11.5 Å². The number of esters is 1. The maximum atomic E-state index is 12.4. The summed E-state index contributed by atoms with van der Waals surface area (Å²) in [6.07, 6.45) is 1.34. The van der Waals surface area contributed by atoms with Crippen LogP contribution >= 0.6 is 11.6 Å². The Morgan fingerprint density at radius 3 is 2.32 bits per heavy atom. The fourth-order valence-electron chi connectivity index (χ4n) is 2.74. The van der Waals surface area contributed by atoms with E-state index in [9.17, 15) is 14.4 Å². The molecular formula is C25H22ClN3O5. The van der Waals surface area contributed by atoms with Gasteiger partial charge in [-0.2, -0.15) is 5.10 Å². The summed E-state index contributed by atoms with van der Waals surface area (Å²) in [5.74, 6) is -1.79. The number of nitrogens with zero attached hydrogens (tertiary/aromatic N) is 1. The number of carbonyl (C=O) groups excluding carboxylic acids is 3. The number of anilines is 1. The van der Waals surface area contributed by atoms with Crippen LogP contribution in [0.25, 0.3) is 0 Å². The summed E-state index contributed by atoms with van der Waals surface area (Å²) in [6, 6.07) is 18.1. The van der Waals surface area contributed by atoms with Crippen LogP contribution in [0.5, 0.6) is 11.5 Å². The summed E-state index contributed by atoms with van der Waals surface area (Å²) in [6.45, 7) is 4.04. The van der Waals surface area contributed by atoms with E-state index in [4.69, 9.17) is 21.1 Å².